The minimum atomic E-state index is -3.61. The van der Waals surface area contributed by atoms with Crippen LogP contribution < -0.4 is 4.72 Å². The second-order valence-electron chi connectivity index (χ2n) is 4.71. The van der Waals surface area contributed by atoms with Crippen molar-refractivity contribution < 1.29 is 12.9 Å². The third-order valence-electron chi connectivity index (χ3n) is 3.27. The molecule has 1 heterocycles. The van der Waals surface area contributed by atoms with Crippen LogP contribution in [0.5, 0.6) is 0 Å². The first-order valence-electron chi connectivity index (χ1n) is 6.13. The fourth-order valence-electron chi connectivity index (χ4n) is 2.21. The zero-order chi connectivity index (χ0) is 13.5. The number of hydrogen-bond acceptors (Lipinski definition) is 4. The highest BCUT2D eigenvalue weighted by atomic mass is 32.2. The van der Waals surface area contributed by atoms with Crippen molar-refractivity contribution in [3.63, 3.8) is 0 Å². The van der Waals surface area contributed by atoms with Crippen molar-refractivity contribution in [3.8, 4) is 0 Å². The molecule has 5 nitrogen and oxygen atoms in total. The molecule has 0 aliphatic heterocycles. The first kappa shape index (κ1) is 12.2. The molecule has 0 atom stereocenters. The van der Waals surface area contributed by atoms with E-state index in [9.17, 15) is 8.42 Å². The molecular weight excluding hydrogens is 264 g/mol. The molecule has 1 aliphatic carbocycles. The van der Waals surface area contributed by atoms with Crippen molar-refractivity contribution in [2.24, 2.45) is 0 Å². The normalized spacial score (nSPS) is 14.4. The van der Waals surface area contributed by atoms with Crippen LogP contribution in [0, 0.1) is 6.92 Å². The minimum absolute atomic E-state index is 0.223. The van der Waals surface area contributed by atoms with E-state index in [2.05, 4.69) is 9.88 Å². The molecule has 0 spiro atoms. The van der Waals surface area contributed by atoms with Crippen LogP contribution in [0.3, 0.4) is 0 Å². The molecule has 0 saturated heterocycles. The molecule has 0 fully saturated rings. The second kappa shape index (κ2) is 4.38. The number of benzene rings is 1. The highest BCUT2D eigenvalue weighted by Gasteiger charge is 2.24. The molecule has 100 valence electrons. The highest BCUT2D eigenvalue weighted by Crippen LogP contribution is 2.29. The van der Waals surface area contributed by atoms with Gasteiger partial charge in [0.25, 0.3) is 10.0 Å². The fourth-order valence-corrected chi connectivity index (χ4v) is 3.22. The van der Waals surface area contributed by atoms with Crippen molar-refractivity contribution in [3.05, 3.63) is 41.1 Å². The number of hydrogen-bond donors (Lipinski definition) is 1. The van der Waals surface area contributed by atoms with E-state index < -0.39 is 10.0 Å². The minimum Gasteiger partial charge on any atom is -0.337 e. The SMILES string of the molecule is Cc1ccc(S(=O)(=O)Nc2onc3c2CCC3)cc1. The molecule has 0 saturated carbocycles. The van der Waals surface area contributed by atoms with E-state index in [1.165, 1.54) is 0 Å². The average molecular weight is 278 g/mol. The quantitative estimate of drug-likeness (QED) is 0.934. The van der Waals surface area contributed by atoms with Gasteiger partial charge in [-0.05, 0) is 38.3 Å². The van der Waals surface area contributed by atoms with Crippen LogP contribution >= 0.6 is 0 Å². The van der Waals surface area contributed by atoms with Gasteiger partial charge in [0.15, 0.2) is 0 Å². The summed E-state index contributed by atoms with van der Waals surface area (Å²) in [6.07, 6.45) is 2.66. The molecule has 2 aromatic rings. The van der Waals surface area contributed by atoms with Crippen LogP contribution in [-0.2, 0) is 22.9 Å². The Kier molecular flexibility index (Phi) is 2.82. The zero-order valence-corrected chi connectivity index (χ0v) is 11.3. The molecule has 0 bridgehead atoms. The summed E-state index contributed by atoms with van der Waals surface area (Å²) >= 11 is 0. The van der Waals surface area contributed by atoms with E-state index in [-0.39, 0.29) is 10.8 Å². The standard InChI is InChI=1S/C13H14N2O3S/c1-9-5-7-10(8-6-9)19(16,17)15-13-11-3-2-4-12(11)14-18-13/h5-8,15H,2-4H2,1H3. The van der Waals surface area contributed by atoms with Crippen molar-refractivity contribution in [2.45, 2.75) is 31.1 Å². The Morgan fingerprint density at radius 1 is 1.21 bits per heavy atom. The lowest BCUT2D eigenvalue weighted by atomic mass is 10.2. The van der Waals surface area contributed by atoms with Gasteiger partial charge >= 0.3 is 0 Å². The first-order valence-corrected chi connectivity index (χ1v) is 7.61. The highest BCUT2D eigenvalue weighted by molar-refractivity contribution is 7.92. The summed E-state index contributed by atoms with van der Waals surface area (Å²) < 4.78 is 32.0. The smallest absolute Gasteiger partial charge is 0.264 e. The number of nitrogens with one attached hydrogen (secondary N) is 1. The largest absolute Gasteiger partial charge is 0.337 e. The molecule has 1 N–H and O–H groups in total. The van der Waals surface area contributed by atoms with Crippen LogP contribution in [-0.4, -0.2) is 13.6 Å². The number of aryl methyl sites for hydroxylation is 2. The maximum atomic E-state index is 12.2. The lowest BCUT2D eigenvalue weighted by Gasteiger charge is -2.06. The summed E-state index contributed by atoms with van der Waals surface area (Å²) in [4.78, 5) is 0.223. The monoisotopic (exact) mass is 278 g/mol. The van der Waals surface area contributed by atoms with Gasteiger partial charge < -0.3 is 4.52 Å². The number of aromatic nitrogens is 1. The predicted octanol–water partition coefficient (Wildman–Crippen LogP) is 2.27. The van der Waals surface area contributed by atoms with Gasteiger partial charge in [-0.3, -0.25) is 0 Å². The van der Waals surface area contributed by atoms with Gasteiger partial charge in [0, 0.05) is 5.56 Å². The van der Waals surface area contributed by atoms with Crippen LogP contribution in [0.4, 0.5) is 5.88 Å². The van der Waals surface area contributed by atoms with Crippen molar-refractivity contribution in [2.75, 3.05) is 4.72 Å². The van der Waals surface area contributed by atoms with Crippen molar-refractivity contribution in [1.29, 1.82) is 0 Å². The summed E-state index contributed by atoms with van der Waals surface area (Å²) in [6, 6.07) is 6.68. The Balaban J connectivity index is 1.91. The van der Waals surface area contributed by atoms with Crippen molar-refractivity contribution in [1.82, 2.24) is 5.16 Å². The van der Waals surface area contributed by atoms with Crippen LogP contribution in [0.25, 0.3) is 0 Å². The zero-order valence-electron chi connectivity index (χ0n) is 10.5. The predicted molar refractivity (Wildman–Crippen MR) is 70.5 cm³/mol. The molecule has 1 aliphatic rings. The fraction of sp³-hybridized carbons (Fsp3) is 0.308. The molecule has 1 aromatic carbocycles. The maximum Gasteiger partial charge on any atom is 0.264 e. The lowest BCUT2D eigenvalue weighted by molar-refractivity contribution is 0.424. The summed E-state index contributed by atoms with van der Waals surface area (Å²) in [5.74, 6) is 0.257. The number of rotatable bonds is 3. The van der Waals surface area contributed by atoms with Gasteiger partial charge in [0.1, 0.15) is 0 Å². The summed E-state index contributed by atoms with van der Waals surface area (Å²) in [7, 11) is -3.61. The summed E-state index contributed by atoms with van der Waals surface area (Å²) in [6.45, 7) is 1.91. The molecule has 0 unspecified atom stereocenters. The Morgan fingerprint density at radius 3 is 2.68 bits per heavy atom. The molecule has 0 amide bonds. The number of anilines is 1. The van der Waals surface area contributed by atoms with E-state index >= 15 is 0 Å². The third kappa shape index (κ3) is 2.23. The van der Waals surface area contributed by atoms with Gasteiger partial charge in [-0.25, -0.2) is 13.1 Å². The number of nitrogens with zero attached hydrogens (tertiary/aromatic N) is 1. The number of sulfonamides is 1. The average Bonchev–Trinajstić information content (AvgIpc) is 2.95. The van der Waals surface area contributed by atoms with Gasteiger partial charge in [-0.15, -0.1) is 0 Å². The molecule has 19 heavy (non-hydrogen) atoms. The molecular formula is C13H14N2O3S. The number of fused-ring (bicyclic) bond motifs is 1. The van der Waals surface area contributed by atoms with Crippen LogP contribution in [0.1, 0.15) is 23.2 Å². The first-order chi connectivity index (χ1) is 9.06. The Labute approximate surface area is 111 Å². The van der Waals surface area contributed by atoms with Crippen molar-refractivity contribution >= 4 is 15.9 Å². The lowest BCUT2D eigenvalue weighted by Crippen LogP contribution is -2.13. The van der Waals surface area contributed by atoms with Gasteiger partial charge in [0.2, 0.25) is 5.88 Å². The third-order valence-corrected chi connectivity index (χ3v) is 4.62. The Morgan fingerprint density at radius 2 is 1.95 bits per heavy atom. The maximum absolute atomic E-state index is 12.2. The van der Waals surface area contributed by atoms with E-state index in [4.69, 9.17) is 4.52 Å². The molecule has 0 radical (unpaired) electrons. The van der Waals surface area contributed by atoms with Gasteiger partial charge in [-0.1, -0.05) is 22.9 Å². The Bertz CT molecular complexity index is 702. The summed E-state index contributed by atoms with van der Waals surface area (Å²) in [5.41, 5.74) is 2.76. The van der Waals surface area contributed by atoms with Gasteiger partial charge in [0.05, 0.1) is 10.6 Å². The van der Waals surface area contributed by atoms with Crippen LogP contribution in [0.15, 0.2) is 33.7 Å². The second-order valence-corrected chi connectivity index (χ2v) is 6.39. The van der Waals surface area contributed by atoms with Gasteiger partial charge in [-0.2, -0.15) is 0 Å². The Hall–Kier alpha value is -1.82. The summed E-state index contributed by atoms with van der Waals surface area (Å²) in [5, 5.41) is 3.89. The topological polar surface area (TPSA) is 72.2 Å². The van der Waals surface area contributed by atoms with Crippen LogP contribution in [0.2, 0.25) is 0 Å². The molecule has 6 heteroatoms. The van der Waals surface area contributed by atoms with E-state index in [1.54, 1.807) is 24.3 Å². The molecule has 1 aromatic heterocycles. The van der Waals surface area contributed by atoms with E-state index in [1.807, 2.05) is 6.92 Å². The van der Waals surface area contributed by atoms with E-state index in [0.29, 0.717) is 0 Å². The van der Waals surface area contributed by atoms with E-state index in [0.717, 1.165) is 36.1 Å². The molecule has 3 rings (SSSR count).